The van der Waals surface area contributed by atoms with Crippen molar-refractivity contribution in [1.82, 2.24) is 10.6 Å². The van der Waals surface area contributed by atoms with Crippen molar-refractivity contribution in [2.45, 2.75) is 31.6 Å². The molecule has 0 radical (unpaired) electrons. The average molecular weight is 515 g/mol. The van der Waals surface area contributed by atoms with Gasteiger partial charge >= 0.3 is 0 Å². The third-order valence-corrected chi connectivity index (χ3v) is 5.25. The first-order valence-electron chi connectivity index (χ1n) is 8.95. The van der Waals surface area contributed by atoms with E-state index >= 15 is 0 Å². The molecule has 154 valence electrons. The van der Waals surface area contributed by atoms with E-state index in [0.29, 0.717) is 6.54 Å². The molecule has 0 aliphatic heterocycles. The number of benzene rings is 2. The second-order valence-corrected chi connectivity index (χ2v) is 9.56. The molecule has 5 nitrogen and oxygen atoms in total. The van der Waals surface area contributed by atoms with E-state index in [9.17, 15) is 8.42 Å². The molecule has 0 saturated carbocycles. The maximum absolute atomic E-state index is 11.4. The zero-order chi connectivity index (χ0) is 19.9. The Balaban J connectivity index is 0.00000392. The largest absolute Gasteiger partial charge is 0.356 e. The number of guanidine groups is 1. The third kappa shape index (κ3) is 8.18. The highest BCUT2D eigenvalue weighted by Gasteiger charge is 2.20. The van der Waals surface area contributed by atoms with Crippen LogP contribution in [0.15, 0.2) is 59.6 Å². The second-order valence-electron chi connectivity index (χ2n) is 7.42. The summed E-state index contributed by atoms with van der Waals surface area (Å²) in [6.07, 6.45) is 1.25. The highest BCUT2D eigenvalue weighted by Crippen LogP contribution is 2.21. The van der Waals surface area contributed by atoms with Crippen molar-refractivity contribution in [3.63, 3.8) is 0 Å². The highest BCUT2D eigenvalue weighted by molar-refractivity contribution is 14.0. The van der Waals surface area contributed by atoms with Gasteiger partial charge in [-0.05, 0) is 16.7 Å². The molecular weight excluding hydrogens is 485 g/mol. The van der Waals surface area contributed by atoms with Crippen LogP contribution in [-0.4, -0.2) is 34.2 Å². The van der Waals surface area contributed by atoms with Crippen LogP contribution >= 0.6 is 24.0 Å². The Morgan fingerprint density at radius 2 is 1.54 bits per heavy atom. The summed E-state index contributed by atoms with van der Waals surface area (Å²) in [7, 11) is -1.26. The molecule has 0 aromatic heterocycles. The molecule has 0 amide bonds. The zero-order valence-corrected chi connectivity index (χ0v) is 20.0. The zero-order valence-electron chi connectivity index (χ0n) is 16.9. The van der Waals surface area contributed by atoms with E-state index in [1.54, 1.807) is 7.05 Å². The van der Waals surface area contributed by atoms with Gasteiger partial charge in [0, 0.05) is 31.8 Å². The molecule has 28 heavy (non-hydrogen) atoms. The number of nitrogens with one attached hydrogen (secondary N) is 2. The van der Waals surface area contributed by atoms with Crippen molar-refractivity contribution >= 4 is 39.8 Å². The van der Waals surface area contributed by atoms with Gasteiger partial charge in [-0.2, -0.15) is 0 Å². The number of hydrogen-bond donors (Lipinski definition) is 2. The topological polar surface area (TPSA) is 70.6 Å². The molecule has 2 aromatic rings. The Labute approximate surface area is 186 Å². The van der Waals surface area contributed by atoms with E-state index in [1.807, 2.05) is 30.3 Å². The quantitative estimate of drug-likeness (QED) is 0.337. The fraction of sp³-hybridized carbons (Fsp3) is 0.381. The average Bonchev–Trinajstić information content (AvgIpc) is 2.62. The highest BCUT2D eigenvalue weighted by atomic mass is 127. The van der Waals surface area contributed by atoms with Crippen LogP contribution < -0.4 is 10.6 Å². The Morgan fingerprint density at radius 3 is 2.07 bits per heavy atom. The van der Waals surface area contributed by atoms with E-state index in [1.165, 1.54) is 11.8 Å². The summed E-state index contributed by atoms with van der Waals surface area (Å²) in [6, 6.07) is 18.0. The second kappa shape index (κ2) is 10.8. The fourth-order valence-corrected chi connectivity index (χ4v) is 3.56. The SMILES string of the molecule is CN=C(NCc1ccc(CS(C)(=O)=O)cc1)NCC(C)(C)c1ccccc1.I. The number of aliphatic imine (C=N–C) groups is 1. The standard InChI is InChI=1S/C21H29N3O2S.HI/c1-21(2,19-8-6-5-7-9-19)16-24-20(22-3)23-14-17-10-12-18(13-11-17)15-27(4,25)26;/h5-13H,14-16H2,1-4H3,(H2,22,23,24);1H. The van der Waals surface area contributed by atoms with Crippen LogP contribution in [0.1, 0.15) is 30.5 Å². The molecule has 0 fully saturated rings. The van der Waals surface area contributed by atoms with Crippen LogP contribution in [0.3, 0.4) is 0 Å². The molecule has 7 heteroatoms. The van der Waals surface area contributed by atoms with Gasteiger partial charge in [0.2, 0.25) is 0 Å². The van der Waals surface area contributed by atoms with Crippen molar-refractivity contribution in [1.29, 1.82) is 0 Å². The molecule has 0 atom stereocenters. The Morgan fingerprint density at radius 1 is 0.964 bits per heavy atom. The molecule has 0 spiro atoms. The van der Waals surface area contributed by atoms with E-state index in [4.69, 9.17) is 0 Å². The summed E-state index contributed by atoms with van der Waals surface area (Å²) < 4.78 is 22.7. The van der Waals surface area contributed by atoms with Gasteiger partial charge in [0.15, 0.2) is 15.8 Å². The predicted molar refractivity (Wildman–Crippen MR) is 128 cm³/mol. The lowest BCUT2D eigenvalue weighted by molar-refractivity contribution is 0.508. The van der Waals surface area contributed by atoms with Gasteiger partial charge < -0.3 is 10.6 Å². The van der Waals surface area contributed by atoms with Crippen molar-refractivity contribution in [2.24, 2.45) is 4.99 Å². The minimum atomic E-state index is -3.01. The number of sulfone groups is 1. The summed E-state index contributed by atoms with van der Waals surface area (Å²) in [6.45, 7) is 5.76. The van der Waals surface area contributed by atoms with Crippen LogP contribution in [0.4, 0.5) is 0 Å². The van der Waals surface area contributed by atoms with Crippen molar-refractivity contribution in [3.8, 4) is 0 Å². The lowest BCUT2D eigenvalue weighted by Gasteiger charge is -2.26. The van der Waals surface area contributed by atoms with E-state index in [0.717, 1.165) is 23.6 Å². The molecule has 0 unspecified atom stereocenters. The molecule has 0 aliphatic carbocycles. The first kappa shape index (κ1) is 24.4. The number of hydrogen-bond acceptors (Lipinski definition) is 3. The smallest absolute Gasteiger partial charge is 0.191 e. The molecule has 2 rings (SSSR count). The van der Waals surface area contributed by atoms with Crippen LogP contribution in [0, 0.1) is 0 Å². The number of nitrogens with zero attached hydrogens (tertiary/aromatic N) is 1. The number of rotatable bonds is 7. The van der Waals surface area contributed by atoms with Gasteiger partial charge in [0.05, 0.1) is 5.75 Å². The summed E-state index contributed by atoms with van der Waals surface area (Å²) >= 11 is 0. The monoisotopic (exact) mass is 515 g/mol. The predicted octanol–water partition coefficient (Wildman–Crippen LogP) is 3.49. The maximum atomic E-state index is 11.4. The van der Waals surface area contributed by atoms with Crippen LogP contribution in [0.2, 0.25) is 0 Å². The molecular formula is C21H30IN3O2S. The molecule has 0 saturated heterocycles. The van der Waals surface area contributed by atoms with Gasteiger partial charge in [0.25, 0.3) is 0 Å². The lowest BCUT2D eigenvalue weighted by Crippen LogP contribution is -2.43. The van der Waals surface area contributed by atoms with E-state index in [-0.39, 0.29) is 35.1 Å². The summed E-state index contributed by atoms with van der Waals surface area (Å²) in [5.41, 5.74) is 3.12. The first-order valence-corrected chi connectivity index (χ1v) is 11.0. The van der Waals surface area contributed by atoms with Crippen molar-refractivity contribution in [2.75, 3.05) is 19.8 Å². The fourth-order valence-electron chi connectivity index (χ4n) is 2.76. The summed E-state index contributed by atoms with van der Waals surface area (Å²) in [5.74, 6) is 0.803. The van der Waals surface area contributed by atoms with Gasteiger partial charge in [-0.3, -0.25) is 4.99 Å². The number of halogens is 1. The van der Waals surface area contributed by atoms with Gasteiger partial charge in [-0.25, -0.2) is 8.42 Å². The van der Waals surface area contributed by atoms with Crippen molar-refractivity contribution < 1.29 is 8.42 Å². The Kier molecular flexibility index (Phi) is 9.43. The normalized spacial score (nSPS) is 12.2. The Bertz CT molecular complexity index is 864. The summed E-state index contributed by atoms with van der Waals surface area (Å²) in [4.78, 5) is 4.28. The van der Waals surface area contributed by atoms with Gasteiger partial charge in [0.1, 0.15) is 0 Å². The molecule has 2 aromatic carbocycles. The van der Waals surface area contributed by atoms with E-state index in [2.05, 4.69) is 53.7 Å². The van der Waals surface area contributed by atoms with Crippen molar-refractivity contribution in [3.05, 3.63) is 71.3 Å². The van der Waals surface area contributed by atoms with E-state index < -0.39 is 9.84 Å². The summed E-state index contributed by atoms with van der Waals surface area (Å²) in [5, 5.41) is 6.68. The Hall–Kier alpha value is -1.61. The van der Waals surface area contributed by atoms with Crippen LogP contribution in [0.25, 0.3) is 0 Å². The molecule has 2 N–H and O–H groups in total. The lowest BCUT2D eigenvalue weighted by atomic mass is 9.85. The minimum absolute atomic E-state index is 0. The maximum Gasteiger partial charge on any atom is 0.191 e. The van der Waals surface area contributed by atoms with Gasteiger partial charge in [-0.15, -0.1) is 24.0 Å². The van der Waals surface area contributed by atoms with Crippen LogP contribution in [-0.2, 0) is 27.5 Å². The van der Waals surface area contributed by atoms with Gasteiger partial charge in [-0.1, -0.05) is 68.4 Å². The van der Waals surface area contributed by atoms with Crippen LogP contribution in [0.5, 0.6) is 0 Å². The third-order valence-electron chi connectivity index (χ3n) is 4.39. The molecule has 0 heterocycles. The first-order chi connectivity index (χ1) is 12.7. The molecule has 0 bridgehead atoms. The molecule has 0 aliphatic rings. The minimum Gasteiger partial charge on any atom is -0.356 e.